The van der Waals surface area contributed by atoms with Crippen molar-refractivity contribution in [3.05, 3.63) is 21.9 Å². The van der Waals surface area contributed by atoms with E-state index in [0.29, 0.717) is 19.4 Å². The van der Waals surface area contributed by atoms with Crippen LogP contribution in [0.4, 0.5) is 0 Å². The summed E-state index contributed by atoms with van der Waals surface area (Å²) in [5, 5.41) is 8.99. The van der Waals surface area contributed by atoms with Gasteiger partial charge in [0.15, 0.2) is 0 Å². The number of amides is 1. The number of carbonyl (C=O) groups is 2. The van der Waals surface area contributed by atoms with E-state index >= 15 is 0 Å². The monoisotopic (exact) mass is 239 g/mol. The minimum atomic E-state index is -0.904. The van der Waals surface area contributed by atoms with Crippen molar-refractivity contribution in [3.63, 3.8) is 0 Å². The molecule has 0 saturated carbocycles. The van der Waals surface area contributed by atoms with Gasteiger partial charge in [-0.15, -0.1) is 11.3 Å². The van der Waals surface area contributed by atoms with Crippen LogP contribution in [-0.4, -0.2) is 27.9 Å². The molecule has 0 radical (unpaired) electrons. The maximum absolute atomic E-state index is 11.6. The third kappa shape index (κ3) is 2.09. The fourth-order valence-corrected chi connectivity index (χ4v) is 2.82. The Balaban J connectivity index is 2.12. The lowest BCUT2D eigenvalue weighted by molar-refractivity contribution is -0.146. The number of nitrogens with zero attached hydrogens (tertiary/aromatic N) is 1. The number of carboxylic acid groups (broad SMARTS) is 1. The van der Waals surface area contributed by atoms with E-state index in [4.69, 9.17) is 5.11 Å². The van der Waals surface area contributed by atoms with Crippen molar-refractivity contribution < 1.29 is 14.7 Å². The minimum absolute atomic E-state index is 0.0570. The Labute approximate surface area is 97.5 Å². The predicted octanol–water partition coefficient (Wildman–Crippen LogP) is 1.63. The Morgan fingerprint density at radius 1 is 1.62 bits per heavy atom. The molecule has 0 bridgehead atoms. The number of aryl methyl sites for hydroxylation is 1. The molecule has 4 nitrogen and oxygen atoms in total. The quantitative estimate of drug-likeness (QED) is 0.872. The number of hydrogen-bond donors (Lipinski definition) is 1. The lowest BCUT2D eigenvalue weighted by atomic mass is 10.2. The van der Waals surface area contributed by atoms with E-state index in [1.54, 1.807) is 11.3 Å². The third-order valence-electron chi connectivity index (χ3n) is 2.74. The molecule has 1 N–H and O–H groups in total. The van der Waals surface area contributed by atoms with Crippen molar-refractivity contribution in [1.29, 1.82) is 0 Å². The Morgan fingerprint density at radius 3 is 2.94 bits per heavy atom. The van der Waals surface area contributed by atoms with E-state index in [2.05, 4.69) is 0 Å². The molecule has 1 fully saturated rings. The van der Waals surface area contributed by atoms with E-state index in [1.807, 2.05) is 19.1 Å². The third-order valence-corrected chi connectivity index (χ3v) is 3.72. The summed E-state index contributed by atoms with van der Waals surface area (Å²) in [6.45, 7) is 2.42. The molecule has 0 spiro atoms. The Morgan fingerprint density at radius 2 is 2.38 bits per heavy atom. The molecule has 1 aromatic rings. The number of hydrogen-bond acceptors (Lipinski definition) is 3. The molecule has 1 atom stereocenters. The highest BCUT2D eigenvalue weighted by Crippen LogP contribution is 2.24. The van der Waals surface area contributed by atoms with E-state index < -0.39 is 12.0 Å². The molecular formula is C11H13NO3S. The minimum Gasteiger partial charge on any atom is -0.480 e. The number of likely N-dealkylation sites (tertiary alicyclic amines) is 1. The highest BCUT2D eigenvalue weighted by molar-refractivity contribution is 7.11. The highest BCUT2D eigenvalue weighted by atomic mass is 32.1. The average molecular weight is 239 g/mol. The molecule has 2 rings (SSSR count). The summed E-state index contributed by atoms with van der Waals surface area (Å²) in [7, 11) is 0. The second-order valence-electron chi connectivity index (χ2n) is 3.93. The zero-order valence-corrected chi connectivity index (χ0v) is 9.79. The standard InChI is InChI=1S/C11H13NO3S/c1-7-2-3-8(16-7)6-12-9(11(14)15)4-5-10(12)13/h2-3,9H,4-6H2,1H3,(H,14,15). The second-order valence-corrected chi connectivity index (χ2v) is 5.30. The van der Waals surface area contributed by atoms with Gasteiger partial charge in [-0.1, -0.05) is 0 Å². The molecule has 1 aliphatic heterocycles. The topological polar surface area (TPSA) is 57.6 Å². The Kier molecular flexibility index (Phi) is 2.96. The van der Waals surface area contributed by atoms with Crippen molar-refractivity contribution in [2.45, 2.75) is 32.4 Å². The van der Waals surface area contributed by atoms with Crippen LogP contribution < -0.4 is 0 Å². The van der Waals surface area contributed by atoms with Crippen molar-refractivity contribution in [3.8, 4) is 0 Å². The van der Waals surface area contributed by atoms with Crippen molar-refractivity contribution in [2.24, 2.45) is 0 Å². The molecule has 1 saturated heterocycles. The van der Waals surface area contributed by atoms with Gasteiger partial charge >= 0.3 is 5.97 Å². The summed E-state index contributed by atoms with van der Waals surface area (Å²) in [4.78, 5) is 26.2. The molecule has 86 valence electrons. The SMILES string of the molecule is Cc1ccc(CN2C(=O)CCC2C(=O)O)s1. The van der Waals surface area contributed by atoms with Gasteiger partial charge in [-0.05, 0) is 25.5 Å². The number of aliphatic carboxylic acids is 1. The molecule has 1 aliphatic rings. The van der Waals surface area contributed by atoms with E-state index in [9.17, 15) is 9.59 Å². The molecule has 0 aromatic carbocycles. The molecule has 5 heteroatoms. The van der Waals surface area contributed by atoms with Gasteiger partial charge in [-0.2, -0.15) is 0 Å². The fourth-order valence-electron chi connectivity index (χ4n) is 1.93. The van der Waals surface area contributed by atoms with Gasteiger partial charge in [-0.3, -0.25) is 4.79 Å². The van der Waals surface area contributed by atoms with Gasteiger partial charge in [0.25, 0.3) is 0 Å². The van der Waals surface area contributed by atoms with Gasteiger partial charge in [-0.25, -0.2) is 4.79 Å². The molecule has 16 heavy (non-hydrogen) atoms. The predicted molar refractivity (Wildman–Crippen MR) is 60.3 cm³/mol. The van der Waals surface area contributed by atoms with Gasteiger partial charge < -0.3 is 10.0 Å². The second kappa shape index (κ2) is 4.25. The first-order valence-corrected chi connectivity index (χ1v) is 5.97. The van der Waals surface area contributed by atoms with E-state index in [-0.39, 0.29) is 5.91 Å². The van der Waals surface area contributed by atoms with Crippen molar-refractivity contribution in [2.75, 3.05) is 0 Å². The maximum Gasteiger partial charge on any atom is 0.326 e. The van der Waals surface area contributed by atoms with Crippen LogP contribution in [0.2, 0.25) is 0 Å². The first kappa shape index (κ1) is 11.1. The molecule has 0 aliphatic carbocycles. The molecule has 1 unspecified atom stereocenters. The maximum atomic E-state index is 11.6. The van der Waals surface area contributed by atoms with Crippen LogP contribution in [0, 0.1) is 6.92 Å². The highest BCUT2D eigenvalue weighted by Gasteiger charge is 2.35. The summed E-state index contributed by atoms with van der Waals surface area (Å²) in [5.74, 6) is -0.961. The van der Waals surface area contributed by atoms with Crippen LogP contribution in [0.3, 0.4) is 0 Å². The summed E-state index contributed by atoms with van der Waals surface area (Å²) in [6, 6.07) is 3.29. The van der Waals surface area contributed by atoms with Crippen LogP contribution in [0.5, 0.6) is 0 Å². The summed E-state index contributed by atoms with van der Waals surface area (Å²) < 4.78 is 0. The van der Waals surface area contributed by atoms with Crippen LogP contribution >= 0.6 is 11.3 Å². The molecule has 1 amide bonds. The van der Waals surface area contributed by atoms with Gasteiger partial charge in [0.2, 0.25) is 5.91 Å². The largest absolute Gasteiger partial charge is 0.480 e. The van der Waals surface area contributed by atoms with Crippen molar-refractivity contribution in [1.82, 2.24) is 4.90 Å². The lowest BCUT2D eigenvalue weighted by Gasteiger charge is -2.20. The molecule has 1 aromatic heterocycles. The fraction of sp³-hybridized carbons (Fsp3) is 0.455. The molecule has 2 heterocycles. The van der Waals surface area contributed by atoms with Crippen LogP contribution in [0.15, 0.2) is 12.1 Å². The Hall–Kier alpha value is -1.36. The van der Waals surface area contributed by atoms with Gasteiger partial charge in [0.05, 0.1) is 6.54 Å². The Bertz CT molecular complexity index is 427. The smallest absolute Gasteiger partial charge is 0.326 e. The zero-order chi connectivity index (χ0) is 11.7. The number of thiophene rings is 1. The van der Waals surface area contributed by atoms with Crippen LogP contribution in [0.1, 0.15) is 22.6 Å². The van der Waals surface area contributed by atoms with Crippen LogP contribution in [-0.2, 0) is 16.1 Å². The van der Waals surface area contributed by atoms with E-state index in [1.165, 1.54) is 9.78 Å². The number of carbonyl (C=O) groups excluding carboxylic acids is 1. The normalized spacial score (nSPS) is 20.4. The van der Waals surface area contributed by atoms with Crippen LogP contribution in [0.25, 0.3) is 0 Å². The first-order chi connectivity index (χ1) is 7.58. The average Bonchev–Trinajstić information content (AvgIpc) is 2.76. The van der Waals surface area contributed by atoms with Gasteiger partial charge in [0.1, 0.15) is 6.04 Å². The van der Waals surface area contributed by atoms with Gasteiger partial charge in [0, 0.05) is 16.2 Å². The lowest BCUT2D eigenvalue weighted by Crippen LogP contribution is -2.37. The zero-order valence-electron chi connectivity index (χ0n) is 8.97. The summed E-state index contributed by atoms with van der Waals surface area (Å²) >= 11 is 1.60. The number of carboxylic acids is 1. The van der Waals surface area contributed by atoms with E-state index in [0.717, 1.165) is 4.88 Å². The first-order valence-electron chi connectivity index (χ1n) is 5.15. The number of rotatable bonds is 3. The molecular weight excluding hydrogens is 226 g/mol. The summed E-state index contributed by atoms with van der Waals surface area (Å²) in [6.07, 6.45) is 0.778. The summed E-state index contributed by atoms with van der Waals surface area (Å²) in [5.41, 5.74) is 0. The van der Waals surface area contributed by atoms with Crippen molar-refractivity contribution >= 4 is 23.2 Å².